The number of non-ortho nitro benzene ring substituents is 1. The van der Waals surface area contributed by atoms with Crippen LogP contribution in [0.5, 0.6) is 0 Å². The standard InChI is InChI=1S/C13H19N3O4/c1-4-13(3,5-2)14-9-10-6-7-11(15(17)18)8-12(10)16(19)20/h6-8,14H,4-5,9H2,1-3H3. The van der Waals surface area contributed by atoms with Gasteiger partial charge in [-0.2, -0.15) is 0 Å². The largest absolute Gasteiger partial charge is 0.307 e. The van der Waals surface area contributed by atoms with E-state index in [2.05, 4.69) is 5.32 Å². The van der Waals surface area contributed by atoms with E-state index in [0.29, 0.717) is 12.1 Å². The number of rotatable bonds is 7. The lowest BCUT2D eigenvalue weighted by Crippen LogP contribution is -2.40. The van der Waals surface area contributed by atoms with E-state index in [0.717, 1.165) is 18.9 Å². The maximum Gasteiger partial charge on any atom is 0.280 e. The third-order valence-corrected chi connectivity index (χ3v) is 3.74. The Bertz CT molecular complexity index is 512. The van der Waals surface area contributed by atoms with E-state index in [9.17, 15) is 20.2 Å². The minimum atomic E-state index is -0.633. The van der Waals surface area contributed by atoms with Gasteiger partial charge in [-0.25, -0.2) is 0 Å². The molecule has 0 saturated carbocycles. The van der Waals surface area contributed by atoms with Crippen molar-refractivity contribution >= 4 is 11.4 Å². The number of nitro benzene ring substituents is 2. The first kappa shape index (κ1) is 16.0. The van der Waals surface area contributed by atoms with E-state index in [4.69, 9.17) is 0 Å². The quantitative estimate of drug-likeness (QED) is 0.611. The van der Waals surface area contributed by atoms with Crippen LogP contribution in [0.3, 0.4) is 0 Å². The van der Waals surface area contributed by atoms with Crippen molar-refractivity contribution in [2.24, 2.45) is 0 Å². The fraction of sp³-hybridized carbons (Fsp3) is 0.538. The molecular weight excluding hydrogens is 262 g/mol. The highest BCUT2D eigenvalue weighted by Gasteiger charge is 2.23. The van der Waals surface area contributed by atoms with Crippen molar-refractivity contribution in [1.29, 1.82) is 0 Å². The van der Waals surface area contributed by atoms with Crippen molar-refractivity contribution in [3.8, 4) is 0 Å². The zero-order valence-corrected chi connectivity index (χ0v) is 11.9. The maximum absolute atomic E-state index is 11.0. The van der Waals surface area contributed by atoms with Gasteiger partial charge in [-0.15, -0.1) is 0 Å². The summed E-state index contributed by atoms with van der Waals surface area (Å²) in [7, 11) is 0. The first-order chi connectivity index (χ1) is 9.33. The maximum atomic E-state index is 11.0. The fourth-order valence-electron chi connectivity index (χ4n) is 1.79. The van der Waals surface area contributed by atoms with Gasteiger partial charge in [-0.1, -0.05) is 13.8 Å². The molecule has 0 spiro atoms. The summed E-state index contributed by atoms with van der Waals surface area (Å²) < 4.78 is 0. The van der Waals surface area contributed by atoms with E-state index in [1.807, 2.05) is 20.8 Å². The zero-order valence-electron chi connectivity index (χ0n) is 11.9. The smallest absolute Gasteiger partial charge is 0.280 e. The summed E-state index contributed by atoms with van der Waals surface area (Å²) in [5.41, 5.74) is -0.139. The van der Waals surface area contributed by atoms with Gasteiger partial charge in [0.2, 0.25) is 0 Å². The lowest BCUT2D eigenvalue weighted by molar-refractivity contribution is -0.394. The molecule has 110 valence electrons. The molecule has 0 unspecified atom stereocenters. The lowest BCUT2D eigenvalue weighted by Gasteiger charge is -2.28. The second-order valence-electron chi connectivity index (χ2n) is 4.95. The summed E-state index contributed by atoms with van der Waals surface area (Å²) in [6.07, 6.45) is 1.79. The number of hydrogen-bond donors (Lipinski definition) is 1. The number of nitrogens with zero attached hydrogens (tertiary/aromatic N) is 2. The highest BCUT2D eigenvalue weighted by Crippen LogP contribution is 2.25. The molecule has 7 heteroatoms. The molecule has 0 radical (unpaired) electrons. The topological polar surface area (TPSA) is 98.3 Å². The average molecular weight is 281 g/mol. The molecule has 20 heavy (non-hydrogen) atoms. The molecule has 0 aromatic heterocycles. The highest BCUT2D eigenvalue weighted by atomic mass is 16.6. The molecule has 0 amide bonds. The molecule has 7 nitrogen and oxygen atoms in total. The molecule has 0 aliphatic carbocycles. The third kappa shape index (κ3) is 3.74. The van der Waals surface area contributed by atoms with Crippen molar-refractivity contribution in [1.82, 2.24) is 5.32 Å². The second-order valence-corrected chi connectivity index (χ2v) is 4.95. The van der Waals surface area contributed by atoms with Crippen molar-refractivity contribution in [2.45, 2.75) is 45.7 Å². The Labute approximate surface area is 117 Å². The molecule has 0 aliphatic heterocycles. The second kappa shape index (κ2) is 6.42. The molecule has 0 saturated heterocycles. The normalized spacial score (nSPS) is 11.3. The van der Waals surface area contributed by atoms with Crippen LogP contribution in [0.2, 0.25) is 0 Å². The van der Waals surface area contributed by atoms with Crippen molar-refractivity contribution < 1.29 is 9.85 Å². The van der Waals surface area contributed by atoms with Crippen LogP contribution in [-0.2, 0) is 6.54 Å². The molecule has 1 aromatic carbocycles. The first-order valence-electron chi connectivity index (χ1n) is 6.49. The van der Waals surface area contributed by atoms with Crippen LogP contribution in [0.1, 0.15) is 39.2 Å². The molecule has 1 aromatic rings. The Balaban J connectivity index is 3.01. The van der Waals surface area contributed by atoms with Crippen LogP contribution >= 0.6 is 0 Å². The monoisotopic (exact) mass is 281 g/mol. The van der Waals surface area contributed by atoms with Crippen LogP contribution in [0.4, 0.5) is 11.4 Å². The molecular formula is C13H19N3O4. The summed E-state index contributed by atoms with van der Waals surface area (Å²) in [6.45, 7) is 6.44. The van der Waals surface area contributed by atoms with Gasteiger partial charge < -0.3 is 5.32 Å². The van der Waals surface area contributed by atoms with Gasteiger partial charge in [0.25, 0.3) is 11.4 Å². The molecule has 1 N–H and O–H groups in total. The minimum Gasteiger partial charge on any atom is -0.307 e. The first-order valence-corrected chi connectivity index (χ1v) is 6.49. The van der Waals surface area contributed by atoms with Crippen molar-refractivity contribution in [3.05, 3.63) is 44.0 Å². The summed E-state index contributed by atoms with van der Waals surface area (Å²) in [5.74, 6) is 0. The molecule has 0 heterocycles. The summed E-state index contributed by atoms with van der Waals surface area (Å²) in [5, 5.41) is 25.0. The van der Waals surface area contributed by atoms with Gasteiger partial charge in [-0.05, 0) is 25.8 Å². The van der Waals surface area contributed by atoms with Gasteiger partial charge in [0, 0.05) is 23.7 Å². The third-order valence-electron chi connectivity index (χ3n) is 3.74. The SMILES string of the molecule is CCC(C)(CC)NCc1ccc([N+](=O)[O-])cc1[N+](=O)[O-]. The van der Waals surface area contributed by atoms with E-state index in [1.54, 1.807) is 0 Å². The number of nitro groups is 2. The Hall–Kier alpha value is -2.02. The molecule has 1 rings (SSSR count). The Morgan fingerprint density at radius 3 is 2.20 bits per heavy atom. The van der Waals surface area contributed by atoms with E-state index in [1.165, 1.54) is 12.1 Å². The van der Waals surface area contributed by atoms with Gasteiger partial charge in [-0.3, -0.25) is 20.2 Å². The highest BCUT2D eigenvalue weighted by molar-refractivity contribution is 5.49. The van der Waals surface area contributed by atoms with Crippen LogP contribution in [0.15, 0.2) is 18.2 Å². The predicted molar refractivity (Wildman–Crippen MR) is 75.6 cm³/mol. The molecule has 0 fully saturated rings. The summed E-state index contributed by atoms with van der Waals surface area (Å²) in [6, 6.07) is 3.74. The minimum absolute atomic E-state index is 0.102. The molecule has 0 aliphatic rings. The van der Waals surface area contributed by atoms with Gasteiger partial charge >= 0.3 is 0 Å². The number of benzene rings is 1. The van der Waals surface area contributed by atoms with Crippen LogP contribution < -0.4 is 5.32 Å². The lowest BCUT2D eigenvalue weighted by atomic mass is 9.95. The van der Waals surface area contributed by atoms with Gasteiger partial charge in [0.05, 0.1) is 15.9 Å². The van der Waals surface area contributed by atoms with Crippen molar-refractivity contribution in [3.63, 3.8) is 0 Å². The Morgan fingerprint density at radius 2 is 1.75 bits per heavy atom. The van der Waals surface area contributed by atoms with Gasteiger partial charge in [0.1, 0.15) is 0 Å². The van der Waals surface area contributed by atoms with E-state index in [-0.39, 0.29) is 16.9 Å². The van der Waals surface area contributed by atoms with E-state index < -0.39 is 9.85 Å². The number of nitrogens with one attached hydrogen (secondary N) is 1. The molecule has 0 atom stereocenters. The van der Waals surface area contributed by atoms with Crippen LogP contribution in [0.25, 0.3) is 0 Å². The number of hydrogen-bond acceptors (Lipinski definition) is 5. The van der Waals surface area contributed by atoms with Gasteiger partial charge in [0.15, 0.2) is 0 Å². The summed E-state index contributed by atoms with van der Waals surface area (Å²) in [4.78, 5) is 20.5. The predicted octanol–water partition coefficient (Wildman–Crippen LogP) is 3.17. The fourth-order valence-corrected chi connectivity index (χ4v) is 1.79. The van der Waals surface area contributed by atoms with E-state index >= 15 is 0 Å². The molecule has 0 bridgehead atoms. The average Bonchev–Trinajstić information content (AvgIpc) is 2.44. The summed E-state index contributed by atoms with van der Waals surface area (Å²) >= 11 is 0. The van der Waals surface area contributed by atoms with Crippen LogP contribution in [0, 0.1) is 20.2 Å². The Kier molecular flexibility index (Phi) is 5.15. The van der Waals surface area contributed by atoms with Crippen molar-refractivity contribution in [2.75, 3.05) is 0 Å². The zero-order chi connectivity index (χ0) is 15.3. The van der Waals surface area contributed by atoms with Crippen LogP contribution in [-0.4, -0.2) is 15.4 Å². The Morgan fingerprint density at radius 1 is 1.15 bits per heavy atom.